The van der Waals surface area contributed by atoms with Crippen molar-refractivity contribution in [3.63, 3.8) is 0 Å². The summed E-state index contributed by atoms with van der Waals surface area (Å²) in [5, 5.41) is 8.56. The highest BCUT2D eigenvalue weighted by Crippen LogP contribution is 2.52. The van der Waals surface area contributed by atoms with Crippen LogP contribution in [0.25, 0.3) is 0 Å². The Kier molecular flexibility index (Phi) is 4.62. The van der Waals surface area contributed by atoms with E-state index >= 15 is 0 Å². The average Bonchev–Trinajstić information content (AvgIpc) is 2.67. The van der Waals surface area contributed by atoms with Crippen molar-refractivity contribution >= 4 is 23.5 Å². The van der Waals surface area contributed by atoms with Crippen LogP contribution in [-0.2, 0) is 4.74 Å². The number of aromatic nitrogens is 2. The molecule has 2 aliphatic rings. The van der Waals surface area contributed by atoms with Crippen molar-refractivity contribution in [3.05, 3.63) is 17.3 Å². The summed E-state index contributed by atoms with van der Waals surface area (Å²) in [7, 11) is 2.04. The molecule has 1 amide bonds. The molecule has 0 spiro atoms. The minimum absolute atomic E-state index is 0.201. The number of hydrogen-bond donors (Lipinski definition) is 0. The van der Waals surface area contributed by atoms with Gasteiger partial charge in [-0.1, -0.05) is 11.6 Å². The van der Waals surface area contributed by atoms with Crippen LogP contribution < -0.4 is 4.90 Å². The zero-order valence-electron chi connectivity index (χ0n) is 16.5. The van der Waals surface area contributed by atoms with Crippen molar-refractivity contribution in [3.8, 4) is 0 Å². The van der Waals surface area contributed by atoms with Crippen molar-refractivity contribution < 1.29 is 9.53 Å². The Morgan fingerprint density at radius 3 is 2.27 bits per heavy atom. The highest BCUT2D eigenvalue weighted by atomic mass is 35.5. The standard InChI is InChI=1S/C19H29ClN4O2/c1-17(2,3)26-16(25)24-18(4)9-10-19(24,5)12-13(11-18)23(6)15-8-7-14(20)21-22-15/h7-8,13H,9-12H2,1-6H3/t13-,18-,19?/m1/s1. The lowest BCUT2D eigenvalue weighted by Crippen LogP contribution is -2.63. The molecule has 6 nitrogen and oxygen atoms in total. The van der Waals surface area contributed by atoms with Crippen molar-refractivity contribution in [1.29, 1.82) is 0 Å². The van der Waals surface area contributed by atoms with E-state index < -0.39 is 5.60 Å². The van der Waals surface area contributed by atoms with E-state index in [4.69, 9.17) is 16.3 Å². The number of carbonyl (C=O) groups excluding carboxylic acids is 1. The molecule has 2 fully saturated rings. The highest BCUT2D eigenvalue weighted by molar-refractivity contribution is 6.29. The molecule has 7 heteroatoms. The molecule has 26 heavy (non-hydrogen) atoms. The fourth-order valence-electron chi connectivity index (χ4n) is 4.59. The van der Waals surface area contributed by atoms with Gasteiger partial charge in [0.15, 0.2) is 11.0 Å². The second-order valence-electron chi connectivity index (χ2n) is 9.20. The van der Waals surface area contributed by atoms with E-state index in [1.807, 2.05) is 38.8 Å². The van der Waals surface area contributed by atoms with Gasteiger partial charge in [0.25, 0.3) is 0 Å². The van der Waals surface area contributed by atoms with Gasteiger partial charge in [0, 0.05) is 24.2 Å². The minimum atomic E-state index is -0.490. The topological polar surface area (TPSA) is 58.6 Å². The largest absolute Gasteiger partial charge is 0.444 e. The molecule has 0 aromatic carbocycles. The maximum atomic E-state index is 12.9. The Morgan fingerprint density at radius 2 is 1.81 bits per heavy atom. The van der Waals surface area contributed by atoms with E-state index in [0.717, 1.165) is 31.5 Å². The number of fused-ring (bicyclic) bond motifs is 2. The van der Waals surface area contributed by atoms with Crippen molar-refractivity contribution in [1.82, 2.24) is 15.1 Å². The van der Waals surface area contributed by atoms with Crippen LogP contribution in [0.3, 0.4) is 0 Å². The molecular formula is C19H29ClN4O2. The molecule has 0 N–H and O–H groups in total. The first-order chi connectivity index (χ1) is 11.9. The molecule has 3 atom stereocenters. The van der Waals surface area contributed by atoms with Gasteiger partial charge >= 0.3 is 6.09 Å². The SMILES string of the molecule is CN(c1ccc(Cl)nn1)[C@H]1CC2(C)CC[C@](C)(C1)N2C(=O)OC(C)(C)C. The molecule has 1 aromatic rings. The van der Waals surface area contributed by atoms with Gasteiger partial charge < -0.3 is 9.64 Å². The minimum Gasteiger partial charge on any atom is -0.444 e. The molecule has 3 heterocycles. The second-order valence-corrected chi connectivity index (χ2v) is 9.58. The van der Waals surface area contributed by atoms with Gasteiger partial charge in [-0.25, -0.2) is 4.79 Å². The first-order valence-corrected chi connectivity index (χ1v) is 9.57. The number of amides is 1. The zero-order chi connectivity index (χ0) is 19.3. The summed E-state index contributed by atoms with van der Waals surface area (Å²) < 4.78 is 5.72. The van der Waals surface area contributed by atoms with E-state index in [-0.39, 0.29) is 23.2 Å². The van der Waals surface area contributed by atoms with Gasteiger partial charge in [0.05, 0.1) is 0 Å². The zero-order valence-corrected chi connectivity index (χ0v) is 17.3. The number of anilines is 1. The number of halogens is 1. The van der Waals surface area contributed by atoms with Gasteiger partial charge in [0.1, 0.15) is 5.60 Å². The van der Waals surface area contributed by atoms with E-state index in [2.05, 4.69) is 28.9 Å². The van der Waals surface area contributed by atoms with Crippen molar-refractivity contribution in [2.45, 2.75) is 83.0 Å². The Bertz CT molecular complexity index is 670. The Balaban J connectivity index is 1.83. The smallest absolute Gasteiger partial charge is 0.411 e. The predicted octanol–water partition coefficient (Wildman–Crippen LogP) is 4.28. The summed E-state index contributed by atoms with van der Waals surface area (Å²) in [6.07, 6.45) is 3.52. The third kappa shape index (κ3) is 3.48. The molecular weight excluding hydrogens is 352 g/mol. The number of piperidine rings is 1. The summed E-state index contributed by atoms with van der Waals surface area (Å²) in [6.45, 7) is 10.1. The summed E-state index contributed by atoms with van der Waals surface area (Å²) in [5.41, 5.74) is -0.919. The summed E-state index contributed by atoms with van der Waals surface area (Å²) >= 11 is 5.86. The lowest BCUT2D eigenvalue weighted by atomic mass is 9.82. The fourth-order valence-corrected chi connectivity index (χ4v) is 4.70. The molecule has 144 valence electrons. The van der Waals surface area contributed by atoms with Crippen molar-refractivity contribution in [2.75, 3.05) is 11.9 Å². The first-order valence-electron chi connectivity index (χ1n) is 9.19. The van der Waals surface area contributed by atoms with Gasteiger partial charge in [0.2, 0.25) is 0 Å². The van der Waals surface area contributed by atoms with Crippen LogP contribution in [0.15, 0.2) is 12.1 Å². The van der Waals surface area contributed by atoms with Crippen molar-refractivity contribution in [2.24, 2.45) is 0 Å². The Labute approximate surface area is 160 Å². The van der Waals surface area contributed by atoms with Gasteiger partial charge in [-0.3, -0.25) is 4.90 Å². The van der Waals surface area contributed by atoms with Crippen LogP contribution in [0, 0.1) is 0 Å². The van der Waals surface area contributed by atoms with Crippen LogP contribution in [0.4, 0.5) is 10.6 Å². The van der Waals surface area contributed by atoms with E-state index in [1.54, 1.807) is 6.07 Å². The average molecular weight is 381 g/mol. The molecule has 1 unspecified atom stereocenters. The lowest BCUT2D eigenvalue weighted by molar-refractivity contribution is -0.0357. The van der Waals surface area contributed by atoms with Crippen LogP contribution in [0.1, 0.15) is 60.3 Å². The maximum Gasteiger partial charge on any atom is 0.411 e. The molecule has 2 saturated heterocycles. The highest BCUT2D eigenvalue weighted by Gasteiger charge is 2.59. The molecule has 0 aliphatic carbocycles. The van der Waals surface area contributed by atoms with E-state index in [9.17, 15) is 4.79 Å². The third-order valence-electron chi connectivity index (χ3n) is 5.74. The summed E-state index contributed by atoms with van der Waals surface area (Å²) in [5.74, 6) is 0.803. The second kappa shape index (κ2) is 6.25. The van der Waals surface area contributed by atoms with E-state index in [1.165, 1.54) is 0 Å². The molecule has 1 aromatic heterocycles. The van der Waals surface area contributed by atoms with Crippen LogP contribution >= 0.6 is 11.6 Å². The van der Waals surface area contributed by atoms with Gasteiger partial charge in [-0.05, 0) is 72.4 Å². The maximum absolute atomic E-state index is 12.9. The van der Waals surface area contributed by atoms with Crippen LogP contribution in [-0.4, -0.2) is 51.0 Å². The number of nitrogens with zero attached hydrogens (tertiary/aromatic N) is 4. The van der Waals surface area contributed by atoms with Gasteiger partial charge in [-0.2, -0.15) is 0 Å². The lowest BCUT2D eigenvalue weighted by Gasteiger charge is -2.52. The van der Waals surface area contributed by atoms with E-state index in [0.29, 0.717) is 5.15 Å². The molecule has 2 aliphatic heterocycles. The third-order valence-corrected chi connectivity index (χ3v) is 5.94. The number of rotatable bonds is 2. The Morgan fingerprint density at radius 1 is 1.23 bits per heavy atom. The molecule has 3 rings (SSSR count). The quantitative estimate of drug-likeness (QED) is 0.766. The first kappa shape index (κ1) is 19.2. The molecule has 0 radical (unpaired) electrons. The summed E-state index contributed by atoms with van der Waals surface area (Å²) in [6, 6.07) is 3.93. The van der Waals surface area contributed by atoms with Crippen LogP contribution in [0.5, 0.6) is 0 Å². The number of carbonyl (C=O) groups is 1. The number of ether oxygens (including phenoxy) is 1. The Hall–Kier alpha value is -1.56. The fraction of sp³-hybridized carbons (Fsp3) is 0.737. The van der Waals surface area contributed by atoms with Gasteiger partial charge in [-0.15, -0.1) is 10.2 Å². The molecule has 2 bridgehead atoms. The monoisotopic (exact) mass is 380 g/mol. The predicted molar refractivity (Wildman–Crippen MR) is 103 cm³/mol. The molecule has 0 saturated carbocycles. The number of hydrogen-bond acceptors (Lipinski definition) is 5. The normalized spacial score (nSPS) is 31.0. The van der Waals surface area contributed by atoms with Crippen LogP contribution in [0.2, 0.25) is 5.15 Å². The summed E-state index contributed by atoms with van der Waals surface area (Å²) in [4.78, 5) is 17.1.